The molecule has 3 rings (SSSR count). The molecule has 4 heteroatoms. The molecule has 27 heavy (non-hydrogen) atoms. The monoisotopic (exact) mass is 365 g/mol. The molecular weight excluding hydrogens is 334 g/mol. The van der Waals surface area contributed by atoms with E-state index in [2.05, 4.69) is 60.2 Å². The fraction of sp³-hybridized carbons (Fsp3) is 0.435. The number of aryl methyl sites for hydroxylation is 3. The summed E-state index contributed by atoms with van der Waals surface area (Å²) in [6.45, 7) is 14.2. The Balaban J connectivity index is 1.60. The zero-order valence-corrected chi connectivity index (χ0v) is 17.2. The normalized spacial score (nSPS) is 16.3. The average molecular weight is 366 g/mol. The Morgan fingerprint density at radius 2 is 1.67 bits per heavy atom. The summed E-state index contributed by atoms with van der Waals surface area (Å²) in [6, 6.07) is 12.5. The van der Waals surface area contributed by atoms with Crippen molar-refractivity contribution in [3.8, 4) is 0 Å². The number of amides is 1. The van der Waals surface area contributed by atoms with Gasteiger partial charge in [0.15, 0.2) is 0 Å². The van der Waals surface area contributed by atoms with Crippen LogP contribution < -0.4 is 10.2 Å². The van der Waals surface area contributed by atoms with E-state index in [0.717, 1.165) is 37.4 Å². The van der Waals surface area contributed by atoms with E-state index in [4.69, 9.17) is 0 Å². The molecular formula is C23H31N3O. The van der Waals surface area contributed by atoms with Crippen molar-refractivity contribution in [2.75, 3.05) is 36.4 Å². The Morgan fingerprint density at radius 3 is 2.33 bits per heavy atom. The van der Waals surface area contributed by atoms with E-state index >= 15 is 0 Å². The molecule has 1 heterocycles. The van der Waals surface area contributed by atoms with Gasteiger partial charge >= 0.3 is 0 Å². The highest BCUT2D eigenvalue weighted by atomic mass is 16.2. The topological polar surface area (TPSA) is 35.6 Å². The van der Waals surface area contributed by atoms with Crippen LogP contribution in [-0.2, 0) is 4.79 Å². The summed E-state index contributed by atoms with van der Waals surface area (Å²) in [5.41, 5.74) is 7.23. The van der Waals surface area contributed by atoms with Crippen LogP contribution in [0.4, 0.5) is 11.4 Å². The van der Waals surface area contributed by atoms with Gasteiger partial charge in [0.05, 0.1) is 6.04 Å². The molecule has 1 aliphatic heterocycles. The molecule has 0 saturated carbocycles. The van der Waals surface area contributed by atoms with Gasteiger partial charge in [0.1, 0.15) is 0 Å². The molecule has 0 bridgehead atoms. The van der Waals surface area contributed by atoms with Crippen LogP contribution in [0.25, 0.3) is 0 Å². The highest BCUT2D eigenvalue weighted by Crippen LogP contribution is 2.24. The maximum absolute atomic E-state index is 12.7. The van der Waals surface area contributed by atoms with Crippen LogP contribution in [0.3, 0.4) is 0 Å². The third kappa shape index (κ3) is 4.33. The molecule has 144 valence electrons. The van der Waals surface area contributed by atoms with E-state index in [1.54, 1.807) is 0 Å². The van der Waals surface area contributed by atoms with E-state index in [1.807, 2.05) is 26.0 Å². The fourth-order valence-corrected chi connectivity index (χ4v) is 3.79. The van der Waals surface area contributed by atoms with Crippen LogP contribution in [-0.4, -0.2) is 43.0 Å². The van der Waals surface area contributed by atoms with Crippen molar-refractivity contribution in [2.45, 2.75) is 40.7 Å². The third-order valence-electron chi connectivity index (χ3n) is 5.80. The van der Waals surface area contributed by atoms with Crippen molar-refractivity contribution in [1.29, 1.82) is 0 Å². The molecule has 4 nitrogen and oxygen atoms in total. The number of rotatable bonds is 4. The fourth-order valence-electron chi connectivity index (χ4n) is 3.79. The number of piperazine rings is 1. The Hall–Kier alpha value is -2.33. The molecule has 0 radical (unpaired) electrons. The number of hydrogen-bond acceptors (Lipinski definition) is 3. The number of anilines is 2. The predicted molar refractivity (Wildman–Crippen MR) is 114 cm³/mol. The van der Waals surface area contributed by atoms with Crippen LogP contribution in [0.15, 0.2) is 36.4 Å². The number of benzene rings is 2. The molecule has 0 aromatic heterocycles. The van der Waals surface area contributed by atoms with E-state index < -0.39 is 0 Å². The minimum absolute atomic E-state index is 0.0714. The van der Waals surface area contributed by atoms with Crippen molar-refractivity contribution in [2.24, 2.45) is 0 Å². The predicted octanol–water partition coefficient (Wildman–Crippen LogP) is 4.07. The number of carbonyl (C=O) groups is 1. The molecule has 0 aliphatic carbocycles. The second-order valence-electron chi connectivity index (χ2n) is 7.73. The standard InChI is InChI=1S/C23H31N3O/c1-16-9-10-21(18(3)15-16)24-23(27)20(5)25-11-13-26(14-12-25)22-8-6-7-17(2)19(22)4/h6-10,15,20H,11-14H2,1-5H3,(H,24,27). The lowest BCUT2D eigenvalue weighted by atomic mass is 10.1. The third-order valence-corrected chi connectivity index (χ3v) is 5.80. The number of carbonyl (C=O) groups excluding carboxylic acids is 1. The zero-order valence-electron chi connectivity index (χ0n) is 17.2. The summed E-state index contributed by atoms with van der Waals surface area (Å²) in [5.74, 6) is 0.0714. The quantitative estimate of drug-likeness (QED) is 0.887. The van der Waals surface area contributed by atoms with Gasteiger partial charge in [0, 0.05) is 37.6 Å². The smallest absolute Gasteiger partial charge is 0.241 e. The lowest BCUT2D eigenvalue weighted by molar-refractivity contribution is -0.120. The Labute approximate surface area is 163 Å². The molecule has 0 spiro atoms. The van der Waals surface area contributed by atoms with E-state index in [1.165, 1.54) is 22.4 Å². The Bertz CT molecular complexity index is 822. The van der Waals surface area contributed by atoms with Crippen LogP contribution in [0.1, 0.15) is 29.2 Å². The van der Waals surface area contributed by atoms with Gasteiger partial charge in [-0.25, -0.2) is 0 Å². The van der Waals surface area contributed by atoms with Crippen molar-refractivity contribution in [3.05, 3.63) is 58.7 Å². The van der Waals surface area contributed by atoms with Crippen molar-refractivity contribution in [1.82, 2.24) is 4.90 Å². The van der Waals surface area contributed by atoms with Gasteiger partial charge in [0.2, 0.25) is 5.91 Å². The first-order chi connectivity index (χ1) is 12.9. The molecule has 1 amide bonds. The van der Waals surface area contributed by atoms with E-state index in [9.17, 15) is 4.79 Å². The van der Waals surface area contributed by atoms with Gasteiger partial charge in [-0.2, -0.15) is 0 Å². The minimum Gasteiger partial charge on any atom is -0.369 e. The molecule has 1 aliphatic rings. The molecule has 2 aromatic rings. The number of nitrogens with zero attached hydrogens (tertiary/aromatic N) is 2. The number of nitrogens with one attached hydrogen (secondary N) is 1. The largest absolute Gasteiger partial charge is 0.369 e. The average Bonchev–Trinajstić information content (AvgIpc) is 2.66. The summed E-state index contributed by atoms with van der Waals surface area (Å²) < 4.78 is 0. The van der Waals surface area contributed by atoms with E-state index in [0.29, 0.717) is 0 Å². The maximum atomic E-state index is 12.7. The summed E-state index contributed by atoms with van der Waals surface area (Å²) in [5, 5.41) is 3.10. The number of hydrogen-bond donors (Lipinski definition) is 1. The van der Waals surface area contributed by atoms with Crippen LogP contribution >= 0.6 is 0 Å². The lowest BCUT2D eigenvalue weighted by Crippen LogP contribution is -2.53. The zero-order chi connectivity index (χ0) is 19.6. The first-order valence-electron chi connectivity index (χ1n) is 9.80. The lowest BCUT2D eigenvalue weighted by Gasteiger charge is -2.39. The van der Waals surface area contributed by atoms with Crippen molar-refractivity contribution >= 4 is 17.3 Å². The van der Waals surface area contributed by atoms with Gasteiger partial charge in [-0.3, -0.25) is 9.69 Å². The highest BCUT2D eigenvalue weighted by Gasteiger charge is 2.26. The SMILES string of the molecule is Cc1ccc(NC(=O)C(C)N2CCN(c3cccc(C)c3C)CC2)c(C)c1. The molecule has 2 aromatic carbocycles. The van der Waals surface area contributed by atoms with Gasteiger partial charge in [-0.15, -0.1) is 0 Å². The van der Waals surface area contributed by atoms with Crippen molar-refractivity contribution < 1.29 is 4.79 Å². The molecule has 1 N–H and O–H groups in total. The second kappa shape index (κ2) is 8.13. The summed E-state index contributed by atoms with van der Waals surface area (Å²) in [6.07, 6.45) is 0. The van der Waals surface area contributed by atoms with Crippen LogP contribution in [0.2, 0.25) is 0 Å². The first kappa shape index (κ1) is 19.4. The van der Waals surface area contributed by atoms with Crippen LogP contribution in [0, 0.1) is 27.7 Å². The molecule has 1 fully saturated rings. The Morgan fingerprint density at radius 1 is 0.963 bits per heavy atom. The van der Waals surface area contributed by atoms with Gasteiger partial charge < -0.3 is 10.2 Å². The summed E-state index contributed by atoms with van der Waals surface area (Å²) in [4.78, 5) is 17.4. The van der Waals surface area contributed by atoms with Gasteiger partial charge in [-0.1, -0.05) is 29.8 Å². The van der Waals surface area contributed by atoms with Crippen molar-refractivity contribution in [3.63, 3.8) is 0 Å². The molecule has 1 unspecified atom stereocenters. The first-order valence-corrected chi connectivity index (χ1v) is 9.80. The van der Waals surface area contributed by atoms with E-state index in [-0.39, 0.29) is 11.9 Å². The summed E-state index contributed by atoms with van der Waals surface area (Å²) >= 11 is 0. The van der Waals surface area contributed by atoms with Gasteiger partial charge in [-0.05, 0) is 63.4 Å². The molecule has 1 saturated heterocycles. The second-order valence-corrected chi connectivity index (χ2v) is 7.73. The van der Waals surface area contributed by atoms with Gasteiger partial charge in [0.25, 0.3) is 0 Å². The Kier molecular flexibility index (Phi) is 5.85. The minimum atomic E-state index is -0.133. The van der Waals surface area contributed by atoms with Crippen LogP contribution in [0.5, 0.6) is 0 Å². The summed E-state index contributed by atoms with van der Waals surface area (Å²) in [7, 11) is 0. The highest BCUT2D eigenvalue weighted by molar-refractivity contribution is 5.95. The maximum Gasteiger partial charge on any atom is 0.241 e. The molecule has 1 atom stereocenters.